The van der Waals surface area contributed by atoms with Gasteiger partial charge in [0.1, 0.15) is 0 Å². The summed E-state index contributed by atoms with van der Waals surface area (Å²) in [6, 6.07) is 5.06. The summed E-state index contributed by atoms with van der Waals surface area (Å²) in [7, 11) is 1.80. The molecule has 1 aromatic rings. The van der Waals surface area contributed by atoms with Crippen LogP contribution in [0.5, 0.6) is 0 Å². The van der Waals surface area contributed by atoms with E-state index >= 15 is 0 Å². The van der Waals surface area contributed by atoms with Crippen LogP contribution in [0.4, 0.5) is 0 Å². The highest BCUT2D eigenvalue weighted by molar-refractivity contribution is 7.11. The summed E-state index contributed by atoms with van der Waals surface area (Å²) in [4.78, 5) is 2.83. The van der Waals surface area contributed by atoms with Crippen molar-refractivity contribution in [3.8, 4) is 0 Å². The minimum Gasteiger partial charge on any atom is -0.381 e. The Morgan fingerprint density at radius 3 is 2.86 bits per heavy atom. The molecule has 1 saturated carbocycles. The van der Waals surface area contributed by atoms with Crippen LogP contribution in [0.1, 0.15) is 22.6 Å². The molecule has 0 aromatic carbocycles. The predicted molar refractivity (Wildman–Crippen MR) is 59.7 cm³/mol. The first-order valence-electron chi connectivity index (χ1n) is 5.09. The Balaban J connectivity index is 1.69. The normalized spacial score (nSPS) is 26.1. The van der Waals surface area contributed by atoms with Crippen LogP contribution in [-0.2, 0) is 11.3 Å². The average Bonchev–Trinajstić information content (AvgIpc) is 2.49. The van der Waals surface area contributed by atoms with E-state index in [1.54, 1.807) is 7.11 Å². The maximum atomic E-state index is 5.24. The average molecular weight is 211 g/mol. The zero-order valence-electron chi connectivity index (χ0n) is 8.75. The monoisotopic (exact) mass is 211 g/mol. The van der Waals surface area contributed by atoms with E-state index < -0.39 is 0 Å². The van der Waals surface area contributed by atoms with E-state index in [0.717, 1.165) is 6.54 Å². The first kappa shape index (κ1) is 10.1. The van der Waals surface area contributed by atoms with Gasteiger partial charge in [-0.05, 0) is 31.9 Å². The van der Waals surface area contributed by atoms with Crippen LogP contribution in [0, 0.1) is 6.92 Å². The molecule has 3 heteroatoms. The molecule has 78 valence electrons. The summed E-state index contributed by atoms with van der Waals surface area (Å²) in [5, 5.41) is 3.54. The van der Waals surface area contributed by atoms with Crippen molar-refractivity contribution in [3.63, 3.8) is 0 Å². The van der Waals surface area contributed by atoms with Gasteiger partial charge in [-0.15, -0.1) is 11.3 Å². The van der Waals surface area contributed by atoms with Gasteiger partial charge in [-0.2, -0.15) is 0 Å². The van der Waals surface area contributed by atoms with Crippen LogP contribution < -0.4 is 5.32 Å². The third kappa shape index (κ3) is 2.35. The summed E-state index contributed by atoms with van der Waals surface area (Å²) in [6.07, 6.45) is 2.83. The molecule has 1 heterocycles. The summed E-state index contributed by atoms with van der Waals surface area (Å²) >= 11 is 1.88. The Bertz CT molecular complexity index is 291. The number of thiophene rings is 1. The van der Waals surface area contributed by atoms with Crippen molar-refractivity contribution in [1.82, 2.24) is 5.32 Å². The molecule has 0 spiro atoms. The van der Waals surface area contributed by atoms with Gasteiger partial charge in [0.25, 0.3) is 0 Å². The van der Waals surface area contributed by atoms with E-state index in [1.807, 2.05) is 11.3 Å². The zero-order valence-corrected chi connectivity index (χ0v) is 9.56. The van der Waals surface area contributed by atoms with Gasteiger partial charge in [0, 0.05) is 29.5 Å². The van der Waals surface area contributed by atoms with E-state index in [2.05, 4.69) is 24.4 Å². The highest BCUT2D eigenvalue weighted by Gasteiger charge is 2.28. The molecular formula is C11H17NOS. The molecule has 2 nitrogen and oxygen atoms in total. The largest absolute Gasteiger partial charge is 0.381 e. The molecule has 14 heavy (non-hydrogen) atoms. The van der Waals surface area contributed by atoms with E-state index in [0.29, 0.717) is 12.1 Å². The minimum absolute atomic E-state index is 0.498. The molecule has 0 amide bonds. The Labute approximate surface area is 89.3 Å². The van der Waals surface area contributed by atoms with E-state index in [4.69, 9.17) is 4.74 Å². The fraction of sp³-hybridized carbons (Fsp3) is 0.636. The number of nitrogens with one attached hydrogen (secondary N) is 1. The van der Waals surface area contributed by atoms with Gasteiger partial charge < -0.3 is 10.1 Å². The lowest BCUT2D eigenvalue weighted by Crippen LogP contribution is -2.44. The molecule has 1 fully saturated rings. The quantitative estimate of drug-likeness (QED) is 0.825. The van der Waals surface area contributed by atoms with Gasteiger partial charge in [-0.3, -0.25) is 0 Å². The Morgan fingerprint density at radius 2 is 2.29 bits per heavy atom. The summed E-state index contributed by atoms with van der Waals surface area (Å²) < 4.78 is 5.24. The third-order valence-corrected chi connectivity index (χ3v) is 3.79. The number of hydrogen-bond donors (Lipinski definition) is 1. The minimum atomic E-state index is 0.498. The molecule has 0 aliphatic heterocycles. The van der Waals surface area contributed by atoms with Crippen molar-refractivity contribution >= 4 is 11.3 Å². The molecule has 1 aliphatic rings. The van der Waals surface area contributed by atoms with E-state index in [1.165, 1.54) is 22.6 Å². The first-order valence-corrected chi connectivity index (χ1v) is 5.91. The molecule has 2 rings (SSSR count). The third-order valence-electron chi connectivity index (χ3n) is 2.79. The molecule has 0 unspecified atom stereocenters. The molecular weight excluding hydrogens is 194 g/mol. The van der Waals surface area contributed by atoms with Crippen molar-refractivity contribution in [1.29, 1.82) is 0 Å². The molecule has 1 aliphatic carbocycles. The SMILES string of the molecule is COC1CC(NCc2ccc(C)s2)C1. The Kier molecular flexibility index (Phi) is 3.21. The zero-order chi connectivity index (χ0) is 9.97. The van der Waals surface area contributed by atoms with Crippen LogP contribution in [0.3, 0.4) is 0 Å². The van der Waals surface area contributed by atoms with Crippen LogP contribution in [0.2, 0.25) is 0 Å². The first-order chi connectivity index (χ1) is 6.78. The standard InChI is InChI=1S/C11H17NOS/c1-8-3-4-11(14-8)7-12-9-5-10(6-9)13-2/h3-4,9-10,12H,5-7H2,1-2H3. The van der Waals surface area contributed by atoms with Gasteiger partial charge in [-0.25, -0.2) is 0 Å². The lowest BCUT2D eigenvalue weighted by Gasteiger charge is -2.34. The molecule has 0 bridgehead atoms. The maximum absolute atomic E-state index is 5.24. The summed E-state index contributed by atoms with van der Waals surface area (Å²) in [6.45, 7) is 3.16. The van der Waals surface area contributed by atoms with Gasteiger partial charge in [0.05, 0.1) is 6.10 Å². The van der Waals surface area contributed by atoms with Gasteiger partial charge in [0.2, 0.25) is 0 Å². The fourth-order valence-corrected chi connectivity index (χ4v) is 2.59. The Hall–Kier alpha value is -0.380. The number of hydrogen-bond acceptors (Lipinski definition) is 3. The van der Waals surface area contributed by atoms with E-state index in [9.17, 15) is 0 Å². The van der Waals surface area contributed by atoms with Gasteiger partial charge in [-0.1, -0.05) is 0 Å². The highest BCUT2D eigenvalue weighted by Crippen LogP contribution is 2.23. The molecule has 0 atom stereocenters. The Morgan fingerprint density at radius 1 is 1.50 bits per heavy atom. The predicted octanol–water partition coefficient (Wildman–Crippen LogP) is 2.32. The van der Waals surface area contributed by atoms with Crippen molar-refractivity contribution in [2.45, 2.75) is 38.5 Å². The van der Waals surface area contributed by atoms with Crippen molar-refractivity contribution in [2.75, 3.05) is 7.11 Å². The van der Waals surface area contributed by atoms with Gasteiger partial charge >= 0.3 is 0 Å². The number of rotatable bonds is 4. The second-order valence-electron chi connectivity index (χ2n) is 3.92. The second kappa shape index (κ2) is 4.43. The van der Waals surface area contributed by atoms with Crippen LogP contribution in [0.15, 0.2) is 12.1 Å². The number of ether oxygens (including phenoxy) is 1. The van der Waals surface area contributed by atoms with Crippen molar-refractivity contribution in [2.24, 2.45) is 0 Å². The molecule has 1 aromatic heterocycles. The van der Waals surface area contributed by atoms with Crippen LogP contribution in [0.25, 0.3) is 0 Å². The van der Waals surface area contributed by atoms with Crippen LogP contribution in [-0.4, -0.2) is 19.3 Å². The van der Waals surface area contributed by atoms with Crippen molar-refractivity contribution < 1.29 is 4.74 Å². The highest BCUT2D eigenvalue weighted by atomic mass is 32.1. The number of aryl methyl sites for hydroxylation is 1. The van der Waals surface area contributed by atoms with Crippen molar-refractivity contribution in [3.05, 3.63) is 21.9 Å². The maximum Gasteiger partial charge on any atom is 0.0601 e. The lowest BCUT2D eigenvalue weighted by molar-refractivity contribution is 0.0170. The summed E-state index contributed by atoms with van der Waals surface area (Å²) in [5.74, 6) is 0. The number of methoxy groups -OCH3 is 1. The lowest BCUT2D eigenvalue weighted by atomic mass is 9.89. The topological polar surface area (TPSA) is 21.3 Å². The van der Waals surface area contributed by atoms with Crippen LogP contribution >= 0.6 is 11.3 Å². The molecule has 1 N–H and O–H groups in total. The second-order valence-corrected chi connectivity index (χ2v) is 5.29. The summed E-state index contributed by atoms with van der Waals surface area (Å²) in [5.41, 5.74) is 0. The molecule has 0 radical (unpaired) electrons. The molecule has 0 saturated heterocycles. The van der Waals surface area contributed by atoms with E-state index in [-0.39, 0.29) is 0 Å². The smallest absolute Gasteiger partial charge is 0.0601 e. The van der Waals surface area contributed by atoms with Gasteiger partial charge in [0.15, 0.2) is 0 Å². The fourth-order valence-electron chi connectivity index (χ4n) is 1.75.